The Hall–Kier alpha value is -2.16. The van der Waals surface area contributed by atoms with Crippen molar-refractivity contribution in [3.05, 3.63) is 63.6 Å². The minimum atomic E-state index is -0.549. The number of anilines is 1. The van der Waals surface area contributed by atoms with E-state index in [0.29, 0.717) is 21.6 Å². The van der Waals surface area contributed by atoms with Gasteiger partial charge in [-0.3, -0.25) is 9.59 Å². The lowest BCUT2D eigenvalue weighted by Crippen LogP contribution is -2.28. The van der Waals surface area contributed by atoms with Gasteiger partial charge >= 0.3 is 0 Å². The van der Waals surface area contributed by atoms with Crippen LogP contribution in [0.2, 0.25) is 5.02 Å². The van der Waals surface area contributed by atoms with Crippen LogP contribution in [0.15, 0.2) is 63.2 Å². The van der Waals surface area contributed by atoms with Gasteiger partial charge in [0, 0.05) is 15.9 Å². The van der Waals surface area contributed by atoms with Crippen molar-refractivity contribution in [2.75, 3.05) is 5.32 Å². The van der Waals surface area contributed by atoms with E-state index in [-0.39, 0.29) is 18.2 Å². The molecule has 9 heteroatoms. The van der Waals surface area contributed by atoms with E-state index in [1.807, 2.05) is 37.3 Å². The Morgan fingerprint density at radius 2 is 1.96 bits per heavy atom. The number of amidine groups is 1. The molecule has 0 radical (unpaired) electrons. The summed E-state index contributed by atoms with van der Waals surface area (Å²) in [5.74, 6) is -0.507. The molecule has 2 aromatic rings. The van der Waals surface area contributed by atoms with Gasteiger partial charge in [-0.25, -0.2) is 0 Å². The van der Waals surface area contributed by atoms with E-state index in [9.17, 15) is 9.59 Å². The van der Waals surface area contributed by atoms with Crippen LogP contribution >= 0.6 is 39.3 Å². The number of hydrogen-bond donors (Lipinski definition) is 2. The standard InChI is InChI=1S/C19H16BrClN4O2S/c1-11(12-6-8-13(21)9-7-12)24-25-19-23-18(27)16(28-19)10-17(26)22-15-5-3-2-4-14(15)20/h2-9,16H,10H2,1H3,(H,22,26)(H,23,25,27). The minimum Gasteiger partial charge on any atom is -0.325 e. The number of carbonyl (C=O) groups excluding carboxylic acids is 2. The summed E-state index contributed by atoms with van der Waals surface area (Å²) >= 11 is 10.4. The number of nitrogens with one attached hydrogen (secondary N) is 2. The quantitative estimate of drug-likeness (QED) is 0.491. The van der Waals surface area contributed by atoms with E-state index >= 15 is 0 Å². The molecule has 1 aliphatic heterocycles. The molecule has 1 unspecified atom stereocenters. The maximum atomic E-state index is 12.2. The fourth-order valence-electron chi connectivity index (χ4n) is 2.39. The van der Waals surface area contributed by atoms with Gasteiger partial charge < -0.3 is 10.6 Å². The highest BCUT2D eigenvalue weighted by atomic mass is 79.9. The van der Waals surface area contributed by atoms with Gasteiger partial charge in [-0.1, -0.05) is 47.6 Å². The first-order valence-electron chi connectivity index (χ1n) is 8.32. The molecule has 3 rings (SSSR count). The van der Waals surface area contributed by atoms with E-state index in [0.717, 1.165) is 10.0 Å². The lowest BCUT2D eigenvalue weighted by molar-refractivity contribution is -0.122. The summed E-state index contributed by atoms with van der Waals surface area (Å²) in [6.45, 7) is 1.82. The summed E-state index contributed by atoms with van der Waals surface area (Å²) in [5, 5.41) is 14.2. The number of thioether (sulfide) groups is 1. The number of halogens is 2. The molecule has 0 spiro atoms. The molecule has 1 saturated heterocycles. The average molecular weight is 480 g/mol. The molecule has 0 saturated carbocycles. The summed E-state index contributed by atoms with van der Waals surface area (Å²) in [7, 11) is 0. The molecule has 28 heavy (non-hydrogen) atoms. The van der Waals surface area contributed by atoms with Crippen LogP contribution in [-0.4, -0.2) is 27.9 Å². The SMILES string of the molecule is CC(=NN=C1NC(=O)C(CC(=O)Nc2ccccc2Br)S1)c1ccc(Cl)cc1. The Bertz CT molecular complexity index is 963. The van der Waals surface area contributed by atoms with Gasteiger partial charge in [0.2, 0.25) is 11.8 Å². The minimum absolute atomic E-state index is 0.0384. The van der Waals surface area contributed by atoms with Crippen LogP contribution in [0, 0.1) is 0 Å². The summed E-state index contributed by atoms with van der Waals surface area (Å²) < 4.78 is 0.779. The van der Waals surface area contributed by atoms with E-state index in [1.54, 1.807) is 18.2 Å². The molecule has 1 fully saturated rings. The summed E-state index contributed by atoms with van der Waals surface area (Å²) in [5.41, 5.74) is 2.23. The first kappa shape index (κ1) is 20.6. The second-order valence-corrected chi connectivity index (χ2v) is 8.41. The fourth-order valence-corrected chi connectivity index (χ4v) is 3.82. The zero-order valence-electron chi connectivity index (χ0n) is 14.8. The molecule has 2 amide bonds. The van der Waals surface area contributed by atoms with Gasteiger partial charge in [0.1, 0.15) is 5.25 Å². The molecule has 0 aromatic heterocycles. The Morgan fingerprint density at radius 1 is 1.25 bits per heavy atom. The summed E-state index contributed by atoms with van der Waals surface area (Å²) in [4.78, 5) is 24.4. The molecule has 6 nitrogen and oxygen atoms in total. The molecule has 2 aromatic carbocycles. The molecule has 1 atom stereocenters. The normalized spacial score (nSPS) is 18.2. The van der Waals surface area contributed by atoms with Crippen molar-refractivity contribution in [2.45, 2.75) is 18.6 Å². The van der Waals surface area contributed by atoms with Crippen LogP contribution in [-0.2, 0) is 9.59 Å². The zero-order valence-corrected chi connectivity index (χ0v) is 17.9. The van der Waals surface area contributed by atoms with Crippen molar-refractivity contribution < 1.29 is 9.59 Å². The topological polar surface area (TPSA) is 82.9 Å². The highest BCUT2D eigenvalue weighted by Gasteiger charge is 2.32. The van der Waals surface area contributed by atoms with Gasteiger partial charge in [0.05, 0.1) is 11.4 Å². The predicted octanol–water partition coefficient (Wildman–Crippen LogP) is 4.44. The molecular formula is C19H16BrClN4O2S. The van der Waals surface area contributed by atoms with Crippen LogP contribution in [0.3, 0.4) is 0 Å². The van der Waals surface area contributed by atoms with Crippen molar-refractivity contribution in [2.24, 2.45) is 10.2 Å². The zero-order chi connectivity index (χ0) is 20.1. The van der Waals surface area contributed by atoms with Crippen LogP contribution in [0.1, 0.15) is 18.9 Å². The summed E-state index contributed by atoms with van der Waals surface area (Å²) in [6.07, 6.45) is 0.0384. The van der Waals surface area contributed by atoms with Crippen molar-refractivity contribution in [1.29, 1.82) is 0 Å². The van der Waals surface area contributed by atoms with Crippen molar-refractivity contribution in [3.8, 4) is 0 Å². The Labute approximate surface area is 180 Å². The molecule has 0 aliphatic carbocycles. The van der Waals surface area contributed by atoms with Crippen LogP contribution < -0.4 is 10.6 Å². The van der Waals surface area contributed by atoms with E-state index in [1.165, 1.54) is 11.8 Å². The third kappa shape index (κ3) is 5.43. The number of carbonyl (C=O) groups is 2. The number of nitrogens with zero attached hydrogens (tertiary/aromatic N) is 2. The Kier molecular flexibility index (Phi) is 6.88. The van der Waals surface area contributed by atoms with Crippen molar-refractivity contribution in [1.82, 2.24) is 5.32 Å². The second-order valence-electron chi connectivity index (χ2n) is 5.93. The molecule has 2 N–H and O–H groups in total. The molecular weight excluding hydrogens is 464 g/mol. The van der Waals surface area contributed by atoms with E-state index in [4.69, 9.17) is 11.6 Å². The maximum Gasteiger partial charge on any atom is 0.240 e. The maximum absolute atomic E-state index is 12.2. The third-order valence-corrected chi connectivity index (χ3v) is 5.86. The lowest BCUT2D eigenvalue weighted by atomic mass is 10.1. The number of para-hydroxylation sites is 1. The van der Waals surface area contributed by atoms with Gasteiger partial charge in [0.25, 0.3) is 0 Å². The third-order valence-electron chi connectivity index (χ3n) is 3.85. The Balaban J connectivity index is 1.60. The Morgan fingerprint density at radius 3 is 2.68 bits per heavy atom. The van der Waals surface area contributed by atoms with Crippen molar-refractivity contribution in [3.63, 3.8) is 0 Å². The van der Waals surface area contributed by atoms with E-state index < -0.39 is 5.25 Å². The first-order chi connectivity index (χ1) is 13.4. The van der Waals surface area contributed by atoms with Crippen molar-refractivity contribution >= 4 is 67.7 Å². The lowest BCUT2D eigenvalue weighted by Gasteiger charge is -2.08. The summed E-state index contributed by atoms with van der Waals surface area (Å²) in [6, 6.07) is 14.5. The largest absolute Gasteiger partial charge is 0.325 e. The van der Waals surface area contributed by atoms with Crippen LogP contribution in [0.25, 0.3) is 0 Å². The first-order valence-corrected chi connectivity index (χ1v) is 10.4. The average Bonchev–Trinajstić information content (AvgIpc) is 3.01. The number of benzene rings is 2. The fraction of sp³-hybridized carbons (Fsp3) is 0.158. The highest BCUT2D eigenvalue weighted by molar-refractivity contribution is 9.10. The van der Waals surface area contributed by atoms with Crippen LogP contribution in [0.5, 0.6) is 0 Å². The smallest absolute Gasteiger partial charge is 0.240 e. The predicted molar refractivity (Wildman–Crippen MR) is 118 cm³/mol. The van der Waals surface area contributed by atoms with Crippen LogP contribution in [0.4, 0.5) is 5.69 Å². The molecule has 144 valence electrons. The molecule has 0 bridgehead atoms. The number of amides is 2. The van der Waals surface area contributed by atoms with E-state index in [2.05, 4.69) is 36.8 Å². The van der Waals surface area contributed by atoms with Gasteiger partial charge in [-0.05, 0) is 52.7 Å². The second kappa shape index (κ2) is 9.36. The number of hydrogen-bond acceptors (Lipinski definition) is 5. The molecule has 1 aliphatic rings. The van der Waals surface area contributed by atoms with Gasteiger partial charge in [-0.15, -0.1) is 5.10 Å². The monoisotopic (exact) mass is 478 g/mol. The highest BCUT2D eigenvalue weighted by Crippen LogP contribution is 2.25. The van der Waals surface area contributed by atoms with Gasteiger partial charge in [0.15, 0.2) is 5.17 Å². The molecule has 1 heterocycles. The number of rotatable bonds is 5. The van der Waals surface area contributed by atoms with Gasteiger partial charge in [-0.2, -0.15) is 5.10 Å².